The van der Waals surface area contributed by atoms with E-state index in [0.717, 1.165) is 5.76 Å². The minimum atomic E-state index is -0.0745. The molecule has 64 valence electrons. The number of hydrogen-bond donors (Lipinski definition) is 2. The lowest BCUT2D eigenvalue weighted by Gasteiger charge is -1.83. The van der Waals surface area contributed by atoms with Crippen molar-refractivity contribution in [3.05, 3.63) is 23.7 Å². The van der Waals surface area contributed by atoms with E-state index in [1.54, 1.807) is 6.07 Å². The molecule has 5 heteroatoms. The predicted molar refractivity (Wildman–Crippen MR) is 46.8 cm³/mol. The highest BCUT2D eigenvalue weighted by molar-refractivity contribution is 5.79. The average Bonchev–Trinajstić information content (AvgIpc) is 2.35. The Kier molecular flexibility index (Phi) is 2.47. The van der Waals surface area contributed by atoms with Crippen LogP contribution in [0.3, 0.4) is 0 Å². The van der Waals surface area contributed by atoms with E-state index in [9.17, 15) is 0 Å². The molecule has 0 aromatic carbocycles. The largest absolute Gasteiger partial charge is 0.460 e. The average molecular weight is 166 g/mol. The third-order valence-electron chi connectivity index (χ3n) is 1.12. The van der Waals surface area contributed by atoms with E-state index in [1.165, 1.54) is 6.21 Å². The summed E-state index contributed by atoms with van der Waals surface area (Å²) in [7, 11) is 0. The summed E-state index contributed by atoms with van der Waals surface area (Å²) in [4.78, 5) is 0. The van der Waals surface area contributed by atoms with Crippen molar-refractivity contribution in [2.45, 2.75) is 6.92 Å². The summed E-state index contributed by atoms with van der Waals surface area (Å²) in [5.41, 5.74) is 10.1. The molecular weight excluding hydrogens is 156 g/mol. The molecule has 0 aliphatic carbocycles. The second-order valence-corrected chi connectivity index (χ2v) is 2.22. The molecule has 4 N–H and O–H groups in total. The Morgan fingerprint density at radius 2 is 2.25 bits per heavy atom. The normalized spacial score (nSPS) is 10.4. The minimum Gasteiger partial charge on any atom is -0.460 e. The fraction of sp³-hybridized carbons (Fsp3) is 0.143. The van der Waals surface area contributed by atoms with Gasteiger partial charge in [0.15, 0.2) is 0 Å². The van der Waals surface area contributed by atoms with Crippen LogP contribution in [0, 0.1) is 6.92 Å². The summed E-state index contributed by atoms with van der Waals surface area (Å²) in [5, 5.41) is 6.98. The Morgan fingerprint density at radius 3 is 2.75 bits per heavy atom. The lowest BCUT2D eigenvalue weighted by Crippen LogP contribution is -2.21. The maximum absolute atomic E-state index is 5.17. The first-order valence-electron chi connectivity index (χ1n) is 3.37. The smallest absolute Gasteiger partial charge is 0.211 e. The predicted octanol–water partition coefficient (Wildman–Crippen LogP) is 0.195. The summed E-state index contributed by atoms with van der Waals surface area (Å²) in [6.07, 6.45) is 1.44. The molecule has 0 saturated heterocycles. The van der Waals surface area contributed by atoms with E-state index in [1.807, 2.05) is 13.0 Å². The number of guanidine groups is 1. The first kappa shape index (κ1) is 8.32. The molecule has 0 spiro atoms. The highest BCUT2D eigenvalue weighted by Crippen LogP contribution is 2.02. The van der Waals surface area contributed by atoms with Gasteiger partial charge < -0.3 is 15.9 Å². The van der Waals surface area contributed by atoms with Crippen LogP contribution in [0.1, 0.15) is 11.5 Å². The maximum atomic E-state index is 5.17. The van der Waals surface area contributed by atoms with Gasteiger partial charge in [-0.15, -0.1) is 5.10 Å². The van der Waals surface area contributed by atoms with E-state index in [2.05, 4.69) is 10.2 Å². The number of rotatable bonds is 2. The summed E-state index contributed by atoms with van der Waals surface area (Å²) >= 11 is 0. The van der Waals surface area contributed by atoms with Gasteiger partial charge in [0.1, 0.15) is 11.5 Å². The van der Waals surface area contributed by atoms with Crippen molar-refractivity contribution < 1.29 is 4.42 Å². The van der Waals surface area contributed by atoms with Crippen molar-refractivity contribution in [2.75, 3.05) is 0 Å². The highest BCUT2D eigenvalue weighted by atomic mass is 16.3. The molecule has 0 atom stereocenters. The Labute approximate surface area is 69.8 Å². The van der Waals surface area contributed by atoms with Crippen LogP contribution in [0.25, 0.3) is 0 Å². The zero-order chi connectivity index (χ0) is 8.97. The van der Waals surface area contributed by atoms with E-state index >= 15 is 0 Å². The third kappa shape index (κ3) is 2.45. The molecule has 1 aromatic rings. The van der Waals surface area contributed by atoms with Crippen molar-refractivity contribution in [1.29, 1.82) is 0 Å². The van der Waals surface area contributed by atoms with Gasteiger partial charge in [-0.2, -0.15) is 5.10 Å². The van der Waals surface area contributed by atoms with E-state index < -0.39 is 0 Å². The molecule has 0 radical (unpaired) electrons. The van der Waals surface area contributed by atoms with Gasteiger partial charge in [-0.3, -0.25) is 0 Å². The molecule has 5 nitrogen and oxygen atoms in total. The summed E-state index contributed by atoms with van der Waals surface area (Å²) in [6.45, 7) is 1.85. The lowest BCUT2D eigenvalue weighted by atomic mass is 10.4. The molecule has 1 aromatic heterocycles. The molecule has 0 saturated carbocycles. The van der Waals surface area contributed by atoms with Gasteiger partial charge in [-0.05, 0) is 19.1 Å². The first-order chi connectivity index (χ1) is 5.68. The zero-order valence-corrected chi connectivity index (χ0v) is 6.69. The van der Waals surface area contributed by atoms with E-state index in [4.69, 9.17) is 15.9 Å². The van der Waals surface area contributed by atoms with Crippen LogP contribution in [-0.4, -0.2) is 12.2 Å². The molecule has 0 aliphatic heterocycles. The summed E-state index contributed by atoms with van der Waals surface area (Å²) < 4.78 is 5.17. The van der Waals surface area contributed by atoms with Gasteiger partial charge in [0.05, 0.1) is 6.21 Å². The van der Waals surface area contributed by atoms with Crippen LogP contribution in [0.15, 0.2) is 26.8 Å². The Morgan fingerprint density at radius 1 is 1.50 bits per heavy atom. The monoisotopic (exact) mass is 166 g/mol. The van der Waals surface area contributed by atoms with Crippen LogP contribution in [0.2, 0.25) is 0 Å². The summed E-state index contributed by atoms with van der Waals surface area (Å²) in [6, 6.07) is 3.61. The standard InChI is InChI=1S/C7H10N4O/c1-5-2-3-6(12-5)4-10-11-7(8)9/h2-4H,1H3,(H4,8,9,11)/b10-4+. The van der Waals surface area contributed by atoms with Gasteiger partial charge >= 0.3 is 0 Å². The van der Waals surface area contributed by atoms with Crippen molar-refractivity contribution in [3.63, 3.8) is 0 Å². The minimum absolute atomic E-state index is 0.0745. The molecule has 1 heterocycles. The van der Waals surface area contributed by atoms with Crippen LogP contribution < -0.4 is 11.5 Å². The van der Waals surface area contributed by atoms with Crippen molar-refractivity contribution >= 4 is 12.2 Å². The quantitative estimate of drug-likeness (QED) is 0.373. The van der Waals surface area contributed by atoms with Crippen LogP contribution in [0.5, 0.6) is 0 Å². The molecule has 12 heavy (non-hydrogen) atoms. The molecule has 0 bridgehead atoms. The van der Waals surface area contributed by atoms with Gasteiger partial charge in [0.2, 0.25) is 5.96 Å². The fourth-order valence-corrected chi connectivity index (χ4v) is 0.675. The van der Waals surface area contributed by atoms with Crippen LogP contribution in [-0.2, 0) is 0 Å². The van der Waals surface area contributed by atoms with Crippen LogP contribution in [0.4, 0.5) is 0 Å². The van der Waals surface area contributed by atoms with Crippen molar-refractivity contribution in [1.82, 2.24) is 0 Å². The van der Waals surface area contributed by atoms with Gasteiger partial charge in [-0.25, -0.2) is 0 Å². The third-order valence-corrected chi connectivity index (χ3v) is 1.12. The molecule has 0 amide bonds. The molecule has 0 aliphatic rings. The van der Waals surface area contributed by atoms with E-state index in [0.29, 0.717) is 5.76 Å². The second-order valence-electron chi connectivity index (χ2n) is 2.22. The SMILES string of the molecule is Cc1ccc(/C=N/N=C(N)N)o1. The van der Waals surface area contributed by atoms with E-state index in [-0.39, 0.29) is 5.96 Å². The Hall–Kier alpha value is -1.78. The Balaban J connectivity index is 2.64. The van der Waals surface area contributed by atoms with Crippen molar-refractivity contribution in [3.8, 4) is 0 Å². The number of nitrogens with two attached hydrogens (primary N) is 2. The van der Waals surface area contributed by atoms with Gasteiger partial charge in [0, 0.05) is 0 Å². The number of nitrogens with zero attached hydrogens (tertiary/aromatic N) is 2. The topological polar surface area (TPSA) is 89.9 Å². The summed E-state index contributed by atoms with van der Waals surface area (Å²) in [5.74, 6) is 1.37. The molecular formula is C7H10N4O. The molecule has 1 rings (SSSR count). The number of hydrogen-bond acceptors (Lipinski definition) is 3. The second kappa shape index (κ2) is 3.56. The van der Waals surface area contributed by atoms with Crippen LogP contribution >= 0.6 is 0 Å². The molecule has 0 unspecified atom stereocenters. The van der Waals surface area contributed by atoms with Gasteiger partial charge in [-0.1, -0.05) is 0 Å². The fourth-order valence-electron chi connectivity index (χ4n) is 0.675. The molecule has 0 fully saturated rings. The van der Waals surface area contributed by atoms with Gasteiger partial charge in [0.25, 0.3) is 0 Å². The maximum Gasteiger partial charge on any atom is 0.211 e. The lowest BCUT2D eigenvalue weighted by molar-refractivity contribution is 0.528. The zero-order valence-electron chi connectivity index (χ0n) is 6.69. The van der Waals surface area contributed by atoms with Crippen molar-refractivity contribution in [2.24, 2.45) is 21.7 Å². The number of furan rings is 1. The Bertz CT molecular complexity index is 309. The number of aryl methyl sites for hydroxylation is 1. The first-order valence-corrected chi connectivity index (χ1v) is 3.37. The highest BCUT2D eigenvalue weighted by Gasteiger charge is 1.91.